The molecule has 0 aliphatic heterocycles. The van der Waals surface area contributed by atoms with Gasteiger partial charge in [-0.1, -0.05) is 0 Å². The standard InChI is InChI=1S/CHBO3.Ca.2H/c2-5-1(3)4;;;/h(H,3,4);;;/q;+2;2*-1. The number of rotatable bonds is 0. The molecule has 0 rings (SSSR count). The van der Waals surface area contributed by atoms with Crippen LogP contribution in [0.2, 0.25) is 0 Å². The molecule has 1 N–H and O–H groups in total. The molecule has 0 saturated heterocycles. The fourth-order valence-electron chi connectivity index (χ4n) is 0. The molecule has 0 bridgehead atoms. The zero-order valence-corrected chi connectivity index (χ0v) is 5.26. The van der Waals surface area contributed by atoms with E-state index in [1.54, 1.807) is 0 Å². The maximum Gasteiger partial charge on any atom is 2.00 e. The van der Waals surface area contributed by atoms with Gasteiger partial charge in [-0.25, -0.2) is 4.79 Å². The van der Waals surface area contributed by atoms with Crippen molar-refractivity contribution in [1.29, 1.82) is 0 Å². The van der Waals surface area contributed by atoms with Crippen LogP contribution in [-0.2, 0) is 4.65 Å². The molecule has 0 heterocycles. The molecule has 0 unspecified atom stereocenters. The Morgan fingerprint density at radius 3 is 2.17 bits per heavy atom. The van der Waals surface area contributed by atoms with E-state index in [1.165, 1.54) is 0 Å². The maximum atomic E-state index is 9.02. The van der Waals surface area contributed by atoms with Crippen LogP contribution in [-0.4, -0.2) is 57.0 Å². The van der Waals surface area contributed by atoms with Gasteiger partial charge in [-0.05, 0) is 0 Å². The fraction of sp³-hybridized carbons (Fsp3) is 0. The van der Waals surface area contributed by atoms with Crippen LogP contribution < -0.4 is 0 Å². The smallest absolute Gasteiger partial charge is 1.00 e. The van der Waals surface area contributed by atoms with Gasteiger partial charge in [0.2, 0.25) is 0 Å². The normalized spacial score (nSPS) is 5.33. The SMILES string of the molecule is [B]OC(=O)O.[Ca+2].[H-].[H-]. The first-order chi connectivity index (χ1) is 2.27. The second-order valence-corrected chi connectivity index (χ2v) is 0.384. The molecule has 0 aromatic rings. The first kappa shape index (κ1) is 9.78. The average Bonchev–Trinajstić information content (AvgIpc) is 1.38. The molecular formula is CH3BCaO3. The third kappa shape index (κ3) is 8.82. The number of hydrogen-bond acceptors (Lipinski definition) is 2. The van der Waals surface area contributed by atoms with Crippen molar-refractivity contribution in [3.05, 3.63) is 0 Å². The summed E-state index contributed by atoms with van der Waals surface area (Å²) in [7, 11) is 4.07. The second kappa shape index (κ2) is 5.59. The van der Waals surface area contributed by atoms with Crippen molar-refractivity contribution in [2.75, 3.05) is 0 Å². The van der Waals surface area contributed by atoms with Gasteiger partial charge >= 0.3 is 51.9 Å². The molecule has 0 fully saturated rings. The van der Waals surface area contributed by atoms with E-state index in [2.05, 4.69) is 12.7 Å². The minimum Gasteiger partial charge on any atom is -1.00 e. The van der Waals surface area contributed by atoms with Crippen molar-refractivity contribution in [3.63, 3.8) is 0 Å². The Hall–Kier alpha value is 0.595. The third-order valence-electron chi connectivity index (χ3n) is 0.101. The number of carbonyl (C=O) groups is 1. The third-order valence-corrected chi connectivity index (χ3v) is 0.101. The second-order valence-electron chi connectivity index (χ2n) is 0.384. The summed E-state index contributed by atoms with van der Waals surface area (Å²) in [6, 6.07) is 0. The van der Waals surface area contributed by atoms with Gasteiger partial charge in [-0.3, -0.25) is 0 Å². The quantitative estimate of drug-likeness (QED) is 0.436. The van der Waals surface area contributed by atoms with Crippen LogP contribution in [0.3, 0.4) is 0 Å². The molecule has 6 heavy (non-hydrogen) atoms. The molecule has 0 spiro atoms. The van der Waals surface area contributed by atoms with E-state index in [4.69, 9.17) is 9.90 Å². The van der Waals surface area contributed by atoms with Gasteiger partial charge in [0.25, 0.3) is 0 Å². The summed E-state index contributed by atoms with van der Waals surface area (Å²) in [6.07, 6.45) is -1.47. The van der Waals surface area contributed by atoms with Crippen LogP contribution in [0.5, 0.6) is 0 Å². The summed E-state index contributed by atoms with van der Waals surface area (Å²) in [5.74, 6) is 0. The summed E-state index contributed by atoms with van der Waals surface area (Å²) in [5.41, 5.74) is 0. The largest absolute Gasteiger partial charge is 2.00 e. The topological polar surface area (TPSA) is 46.5 Å². The van der Waals surface area contributed by atoms with Crippen LogP contribution in [0.25, 0.3) is 0 Å². The van der Waals surface area contributed by atoms with Crippen LogP contribution in [0.4, 0.5) is 4.79 Å². The summed E-state index contributed by atoms with van der Waals surface area (Å²) in [5, 5.41) is 7.38. The Morgan fingerprint density at radius 1 is 2.00 bits per heavy atom. The van der Waals surface area contributed by atoms with Gasteiger partial charge in [0.15, 0.2) is 0 Å². The predicted molar refractivity (Wildman–Crippen MR) is 22.8 cm³/mol. The Morgan fingerprint density at radius 2 is 2.17 bits per heavy atom. The summed E-state index contributed by atoms with van der Waals surface area (Å²) < 4.78 is 3.17. The van der Waals surface area contributed by atoms with E-state index in [9.17, 15) is 0 Å². The first-order valence-electron chi connectivity index (χ1n) is 0.868. The summed E-state index contributed by atoms with van der Waals surface area (Å²) in [4.78, 5) is 9.02. The minimum atomic E-state index is -1.47. The molecule has 0 amide bonds. The van der Waals surface area contributed by atoms with E-state index in [0.717, 1.165) is 0 Å². The Bertz CT molecular complexity index is 52.5. The van der Waals surface area contributed by atoms with Crippen molar-refractivity contribution >= 4 is 51.9 Å². The molecule has 0 saturated carbocycles. The number of hydrogen-bond donors (Lipinski definition) is 1. The molecule has 5 heteroatoms. The summed E-state index contributed by atoms with van der Waals surface area (Å²) in [6.45, 7) is 0. The summed E-state index contributed by atoms with van der Waals surface area (Å²) >= 11 is 0. The van der Waals surface area contributed by atoms with Crippen molar-refractivity contribution in [2.24, 2.45) is 0 Å². The van der Waals surface area contributed by atoms with Crippen LogP contribution in [0.1, 0.15) is 2.85 Å². The van der Waals surface area contributed by atoms with Gasteiger partial charge in [0, 0.05) is 0 Å². The van der Waals surface area contributed by atoms with E-state index >= 15 is 0 Å². The van der Waals surface area contributed by atoms with E-state index in [-0.39, 0.29) is 40.6 Å². The molecule has 0 atom stereocenters. The Labute approximate surface area is 69.1 Å². The van der Waals surface area contributed by atoms with E-state index in [1.807, 2.05) is 0 Å². The van der Waals surface area contributed by atoms with Crippen LogP contribution in [0.15, 0.2) is 0 Å². The molecule has 30 valence electrons. The Kier molecular flexibility index (Phi) is 9.12. The van der Waals surface area contributed by atoms with Gasteiger partial charge in [-0.2, -0.15) is 0 Å². The zero-order valence-electron chi connectivity index (χ0n) is 5.05. The zero-order chi connectivity index (χ0) is 4.28. The molecule has 0 aliphatic rings. The van der Waals surface area contributed by atoms with Crippen LogP contribution >= 0.6 is 0 Å². The van der Waals surface area contributed by atoms with E-state index in [0.29, 0.717) is 0 Å². The van der Waals surface area contributed by atoms with Crippen molar-refractivity contribution in [2.45, 2.75) is 0 Å². The predicted octanol–water partition coefficient (Wildman–Crippen LogP) is -0.391. The number of carboxylic acid groups (broad SMARTS) is 1. The van der Waals surface area contributed by atoms with Gasteiger partial charge in [0.05, 0.1) is 0 Å². The van der Waals surface area contributed by atoms with Crippen molar-refractivity contribution < 1.29 is 17.4 Å². The molecule has 3 nitrogen and oxygen atoms in total. The molecule has 0 aliphatic carbocycles. The van der Waals surface area contributed by atoms with Crippen molar-refractivity contribution in [1.82, 2.24) is 0 Å². The molecular weight excluding hydrogens is 111 g/mol. The van der Waals surface area contributed by atoms with E-state index < -0.39 is 6.16 Å². The fourth-order valence-corrected chi connectivity index (χ4v) is 0. The average molecular weight is 114 g/mol. The molecule has 0 aromatic carbocycles. The van der Waals surface area contributed by atoms with Crippen LogP contribution in [0, 0.1) is 0 Å². The van der Waals surface area contributed by atoms with Crippen molar-refractivity contribution in [3.8, 4) is 0 Å². The Balaban J connectivity index is -0.0000000267. The first-order valence-corrected chi connectivity index (χ1v) is 0.868. The molecule has 0 aromatic heterocycles. The maximum absolute atomic E-state index is 9.02. The minimum absolute atomic E-state index is 0. The van der Waals surface area contributed by atoms with Gasteiger partial charge in [-0.15, -0.1) is 0 Å². The monoisotopic (exact) mass is 114 g/mol. The van der Waals surface area contributed by atoms with Gasteiger partial charge in [0.1, 0.15) is 0 Å². The van der Waals surface area contributed by atoms with Gasteiger partial charge < -0.3 is 12.6 Å². The molecule has 2 radical (unpaired) electrons.